The van der Waals surface area contributed by atoms with Crippen molar-refractivity contribution in [1.82, 2.24) is 19.8 Å². The van der Waals surface area contributed by atoms with Crippen LogP contribution in [0, 0.1) is 0 Å². The Kier molecular flexibility index (Phi) is 5.81. The monoisotopic (exact) mass is 422 g/mol. The molecule has 2 atom stereocenters. The highest BCUT2D eigenvalue weighted by Gasteiger charge is 2.34. The van der Waals surface area contributed by atoms with Gasteiger partial charge in [-0.1, -0.05) is 30.3 Å². The standard InChI is InChI=1S/C23H26N4O2S/c1-15(27-14-16-8-4-5-9-17(16)23(27)29)22(28)25-19(12-13-30-3)21-24-18-10-6-7-11-20(18)26(21)2/h4-11,15,19H,12-14H2,1-3H3,(H,25,28)/t15-,19+/m1/s1. The van der Waals surface area contributed by atoms with Gasteiger partial charge in [0.1, 0.15) is 11.9 Å². The second-order valence-corrected chi connectivity index (χ2v) is 8.61. The minimum absolute atomic E-state index is 0.0864. The van der Waals surface area contributed by atoms with Crippen molar-refractivity contribution < 1.29 is 9.59 Å². The Morgan fingerprint density at radius 2 is 1.93 bits per heavy atom. The number of hydrogen-bond donors (Lipinski definition) is 1. The zero-order chi connectivity index (χ0) is 21.3. The van der Waals surface area contributed by atoms with E-state index in [1.54, 1.807) is 23.6 Å². The normalized spacial score (nSPS) is 15.3. The maximum Gasteiger partial charge on any atom is 0.255 e. The van der Waals surface area contributed by atoms with Gasteiger partial charge >= 0.3 is 0 Å². The van der Waals surface area contributed by atoms with Gasteiger partial charge in [0.15, 0.2) is 0 Å². The SMILES string of the molecule is CSCC[C@H](NC(=O)[C@@H](C)N1Cc2ccccc2C1=O)c1nc2ccccc2n1C. The fraction of sp³-hybridized carbons (Fsp3) is 0.348. The molecule has 1 aromatic heterocycles. The van der Waals surface area contributed by atoms with Crippen LogP contribution in [0.5, 0.6) is 0 Å². The minimum atomic E-state index is -0.559. The van der Waals surface area contributed by atoms with Gasteiger partial charge in [-0.25, -0.2) is 4.98 Å². The van der Waals surface area contributed by atoms with Gasteiger partial charge in [0.05, 0.1) is 17.1 Å². The summed E-state index contributed by atoms with van der Waals surface area (Å²) in [6.45, 7) is 2.25. The molecule has 7 heteroatoms. The third-order valence-electron chi connectivity index (χ3n) is 5.76. The van der Waals surface area contributed by atoms with E-state index in [2.05, 4.69) is 11.6 Å². The Bertz CT molecular complexity index is 1090. The maximum atomic E-state index is 13.2. The Morgan fingerprint density at radius 1 is 1.20 bits per heavy atom. The highest BCUT2D eigenvalue weighted by atomic mass is 32.2. The molecule has 0 spiro atoms. The first-order valence-electron chi connectivity index (χ1n) is 10.1. The van der Waals surface area contributed by atoms with Gasteiger partial charge in [-0.2, -0.15) is 11.8 Å². The summed E-state index contributed by atoms with van der Waals surface area (Å²) in [5.41, 5.74) is 3.61. The molecule has 2 aromatic carbocycles. The number of thioether (sulfide) groups is 1. The van der Waals surface area contributed by atoms with E-state index < -0.39 is 6.04 Å². The van der Waals surface area contributed by atoms with Crippen molar-refractivity contribution >= 4 is 34.6 Å². The number of imidazole rings is 1. The second kappa shape index (κ2) is 8.52. The lowest BCUT2D eigenvalue weighted by atomic mass is 10.1. The van der Waals surface area contributed by atoms with E-state index in [-0.39, 0.29) is 17.9 Å². The maximum absolute atomic E-state index is 13.2. The van der Waals surface area contributed by atoms with Crippen LogP contribution >= 0.6 is 11.8 Å². The van der Waals surface area contributed by atoms with Gasteiger partial charge in [-0.3, -0.25) is 9.59 Å². The van der Waals surface area contributed by atoms with E-state index in [1.807, 2.05) is 60.1 Å². The Hall–Kier alpha value is -2.80. The number of para-hydroxylation sites is 2. The average molecular weight is 423 g/mol. The van der Waals surface area contributed by atoms with Crippen LogP contribution in [0.3, 0.4) is 0 Å². The molecule has 0 saturated carbocycles. The molecule has 2 amide bonds. The highest BCUT2D eigenvalue weighted by Crippen LogP contribution is 2.26. The Morgan fingerprint density at radius 3 is 2.67 bits per heavy atom. The van der Waals surface area contributed by atoms with Gasteiger partial charge in [-0.15, -0.1) is 0 Å². The number of nitrogens with one attached hydrogen (secondary N) is 1. The topological polar surface area (TPSA) is 67.2 Å². The van der Waals surface area contributed by atoms with Gasteiger partial charge in [0.25, 0.3) is 5.91 Å². The Labute approximate surface area is 180 Å². The van der Waals surface area contributed by atoms with E-state index in [9.17, 15) is 9.59 Å². The van der Waals surface area contributed by atoms with Crippen LogP contribution in [-0.2, 0) is 18.4 Å². The number of aryl methyl sites for hydroxylation is 1. The van der Waals surface area contributed by atoms with Crippen LogP contribution < -0.4 is 5.32 Å². The van der Waals surface area contributed by atoms with Crippen molar-refractivity contribution in [1.29, 1.82) is 0 Å². The molecule has 0 saturated heterocycles. The number of nitrogens with zero attached hydrogens (tertiary/aromatic N) is 3. The molecule has 0 aliphatic carbocycles. The van der Waals surface area contributed by atoms with Crippen LogP contribution in [0.2, 0.25) is 0 Å². The van der Waals surface area contributed by atoms with E-state index in [0.717, 1.165) is 34.6 Å². The van der Waals surface area contributed by atoms with Gasteiger partial charge in [0.2, 0.25) is 5.91 Å². The van der Waals surface area contributed by atoms with Crippen molar-refractivity contribution in [2.75, 3.05) is 12.0 Å². The van der Waals surface area contributed by atoms with Crippen molar-refractivity contribution in [3.8, 4) is 0 Å². The molecule has 1 N–H and O–H groups in total. The van der Waals surface area contributed by atoms with Crippen LogP contribution in [0.4, 0.5) is 0 Å². The summed E-state index contributed by atoms with van der Waals surface area (Å²) in [6, 6.07) is 14.7. The predicted molar refractivity (Wildman–Crippen MR) is 120 cm³/mol. The number of fused-ring (bicyclic) bond motifs is 2. The largest absolute Gasteiger partial charge is 0.344 e. The summed E-state index contributed by atoms with van der Waals surface area (Å²) in [5, 5.41) is 3.16. The molecular formula is C23H26N4O2S. The first kappa shape index (κ1) is 20.5. The number of benzene rings is 2. The van der Waals surface area contributed by atoms with Crippen molar-refractivity contribution in [2.45, 2.75) is 32.0 Å². The summed E-state index contributed by atoms with van der Waals surface area (Å²) in [6.07, 6.45) is 2.82. The van der Waals surface area contributed by atoms with E-state index in [4.69, 9.17) is 4.98 Å². The molecule has 156 valence electrons. The molecule has 0 radical (unpaired) electrons. The summed E-state index contributed by atoms with van der Waals surface area (Å²) in [4.78, 5) is 32.3. The molecule has 4 rings (SSSR count). The van der Waals surface area contributed by atoms with Crippen LogP contribution in [-0.4, -0.2) is 44.3 Å². The number of carbonyl (C=O) groups excluding carboxylic acids is 2. The fourth-order valence-corrected chi connectivity index (χ4v) is 4.47. The lowest BCUT2D eigenvalue weighted by molar-refractivity contribution is -0.126. The van der Waals surface area contributed by atoms with E-state index >= 15 is 0 Å². The van der Waals surface area contributed by atoms with Gasteiger partial charge in [0, 0.05) is 19.2 Å². The molecule has 3 aromatic rings. The first-order chi connectivity index (χ1) is 14.5. The van der Waals surface area contributed by atoms with Crippen molar-refractivity contribution in [3.05, 3.63) is 65.5 Å². The minimum Gasteiger partial charge on any atom is -0.344 e. The van der Waals surface area contributed by atoms with E-state index in [0.29, 0.717) is 12.1 Å². The van der Waals surface area contributed by atoms with Gasteiger partial charge < -0.3 is 14.8 Å². The summed E-state index contributed by atoms with van der Waals surface area (Å²) in [7, 11) is 1.98. The third kappa shape index (κ3) is 3.69. The second-order valence-electron chi connectivity index (χ2n) is 7.63. The molecule has 6 nitrogen and oxygen atoms in total. The lowest BCUT2D eigenvalue weighted by Gasteiger charge is -2.26. The summed E-state index contributed by atoms with van der Waals surface area (Å²) in [5.74, 6) is 1.49. The predicted octanol–water partition coefficient (Wildman–Crippen LogP) is 3.53. The molecular weight excluding hydrogens is 396 g/mol. The average Bonchev–Trinajstić information content (AvgIpc) is 3.28. The van der Waals surface area contributed by atoms with E-state index in [1.165, 1.54) is 0 Å². The molecule has 0 unspecified atom stereocenters. The molecule has 0 fully saturated rings. The summed E-state index contributed by atoms with van der Waals surface area (Å²) >= 11 is 1.74. The highest BCUT2D eigenvalue weighted by molar-refractivity contribution is 7.98. The summed E-state index contributed by atoms with van der Waals surface area (Å²) < 4.78 is 2.04. The molecule has 2 heterocycles. The molecule has 0 bridgehead atoms. The van der Waals surface area contributed by atoms with Crippen molar-refractivity contribution in [2.24, 2.45) is 7.05 Å². The zero-order valence-electron chi connectivity index (χ0n) is 17.5. The number of amides is 2. The lowest BCUT2D eigenvalue weighted by Crippen LogP contribution is -2.46. The molecule has 1 aliphatic heterocycles. The van der Waals surface area contributed by atoms with Crippen LogP contribution in [0.1, 0.15) is 41.1 Å². The first-order valence-corrected chi connectivity index (χ1v) is 11.5. The quantitative estimate of drug-likeness (QED) is 0.633. The van der Waals surface area contributed by atoms with Crippen LogP contribution in [0.15, 0.2) is 48.5 Å². The smallest absolute Gasteiger partial charge is 0.255 e. The fourth-order valence-electron chi connectivity index (χ4n) is 4.00. The van der Waals surface area contributed by atoms with Crippen LogP contribution in [0.25, 0.3) is 11.0 Å². The zero-order valence-corrected chi connectivity index (χ0v) is 18.3. The molecule has 1 aliphatic rings. The number of aromatic nitrogens is 2. The van der Waals surface area contributed by atoms with Gasteiger partial charge in [-0.05, 0) is 49.1 Å². The number of carbonyl (C=O) groups is 2. The number of hydrogen-bond acceptors (Lipinski definition) is 4. The number of rotatable bonds is 7. The Balaban J connectivity index is 1.55. The van der Waals surface area contributed by atoms with Crippen molar-refractivity contribution in [3.63, 3.8) is 0 Å². The molecule has 30 heavy (non-hydrogen) atoms. The third-order valence-corrected chi connectivity index (χ3v) is 6.40.